The van der Waals surface area contributed by atoms with E-state index in [1.807, 2.05) is 0 Å². The molecule has 90 valence electrons. The van der Waals surface area contributed by atoms with Crippen molar-refractivity contribution in [2.45, 2.75) is 32.2 Å². The summed E-state index contributed by atoms with van der Waals surface area (Å²) in [6, 6.07) is 9.42. The SMILES string of the molecule is Cc1cccc2c1ccn2C1CCCC1CN. The molecule has 2 atom stereocenters. The van der Waals surface area contributed by atoms with E-state index in [9.17, 15) is 0 Å². The molecule has 2 aromatic rings. The smallest absolute Gasteiger partial charge is 0.0485 e. The number of fused-ring (bicyclic) bond motifs is 1. The molecule has 0 radical (unpaired) electrons. The van der Waals surface area contributed by atoms with Crippen LogP contribution in [0.25, 0.3) is 10.9 Å². The third-order valence-corrected chi connectivity index (χ3v) is 4.26. The Morgan fingerprint density at radius 2 is 2.18 bits per heavy atom. The van der Waals surface area contributed by atoms with E-state index >= 15 is 0 Å². The van der Waals surface area contributed by atoms with E-state index in [1.54, 1.807) is 0 Å². The zero-order valence-electron chi connectivity index (χ0n) is 10.4. The standard InChI is InChI=1S/C15H20N2/c1-11-4-2-7-15-13(11)8-9-17(15)14-6-3-5-12(14)10-16/h2,4,7-9,12,14H,3,5-6,10,16H2,1H3. The lowest BCUT2D eigenvalue weighted by Crippen LogP contribution is -2.21. The first kappa shape index (κ1) is 10.8. The van der Waals surface area contributed by atoms with Gasteiger partial charge in [-0.3, -0.25) is 0 Å². The van der Waals surface area contributed by atoms with Crippen LogP contribution in [0.4, 0.5) is 0 Å². The number of benzene rings is 1. The number of aryl methyl sites for hydroxylation is 1. The Morgan fingerprint density at radius 1 is 1.29 bits per heavy atom. The predicted octanol–water partition coefficient (Wildman–Crippen LogP) is 3.25. The second-order valence-corrected chi connectivity index (χ2v) is 5.22. The Balaban J connectivity index is 2.09. The Kier molecular flexibility index (Phi) is 2.67. The van der Waals surface area contributed by atoms with Gasteiger partial charge in [0, 0.05) is 23.1 Å². The van der Waals surface area contributed by atoms with Gasteiger partial charge in [-0.05, 0) is 49.9 Å². The summed E-state index contributed by atoms with van der Waals surface area (Å²) in [6.45, 7) is 3.00. The first-order valence-corrected chi connectivity index (χ1v) is 6.57. The van der Waals surface area contributed by atoms with Crippen molar-refractivity contribution in [2.75, 3.05) is 6.54 Å². The summed E-state index contributed by atoms with van der Waals surface area (Å²) in [7, 11) is 0. The fourth-order valence-electron chi connectivity index (χ4n) is 3.29. The summed E-state index contributed by atoms with van der Waals surface area (Å²) < 4.78 is 2.45. The van der Waals surface area contributed by atoms with E-state index in [0.717, 1.165) is 6.54 Å². The van der Waals surface area contributed by atoms with Crippen molar-refractivity contribution >= 4 is 10.9 Å². The first-order valence-electron chi connectivity index (χ1n) is 6.57. The molecular formula is C15H20N2. The van der Waals surface area contributed by atoms with Crippen LogP contribution in [0.1, 0.15) is 30.9 Å². The van der Waals surface area contributed by atoms with Gasteiger partial charge in [-0.1, -0.05) is 18.6 Å². The van der Waals surface area contributed by atoms with Crippen molar-refractivity contribution in [2.24, 2.45) is 11.7 Å². The molecule has 1 aromatic carbocycles. The lowest BCUT2D eigenvalue weighted by molar-refractivity contribution is 0.397. The van der Waals surface area contributed by atoms with Crippen molar-refractivity contribution < 1.29 is 0 Å². The normalized spacial score (nSPS) is 24.6. The van der Waals surface area contributed by atoms with Crippen LogP contribution in [-0.2, 0) is 0 Å². The minimum Gasteiger partial charge on any atom is -0.344 e. The largest absolute Gasteiger partial charge is 0.344 e. The van der Waals surface area contributed by atoms with E-state index in [1.165, 1.54) is 35.7 Å². The Labute approximate surface area is 102 Å². The van der Waals surface area contributed by atoms with Gasteiger partial charge in [-0.25, -0.2) is 0 Å². The maximum atomic E-state index is 5.89. The molecule has 2 N–H and O–H groups in total. The summed E-state index contributed by atoms with van der Waals surface area (Å²) in [5.41, 5.74) is 8.63. The molecule has 17 heavy (non-hydrogen) atoms. The lowest BCUT2D eigenvalue weighted by atomic mass is 10.0. The number of rotatable bonds is 2. The van der Waals surface area contributed by atoms with Crippen molar-refractivity contribution in [1.82, 2.24) is 4.57 Å². The van der Waals surface area contributed by atoms with Crippen LogP contribution in [0.3, 0.4) is 0 Å². The highest BCUT2D eigenvalue weighted by atomic mass is 15.0. The third-order valence-electron chi connectivity index (χ3n) is 4.26. The van der Waals surface area contributed by atoms with Crippen molar-refractivity contribution in [3.63, 3.8) is 0 Å². The summed E-state index contributed by atoms with van der Waals surface area (Å²) in [5.74, 6) is 0.658. The van der Waals surface area contributed by atoms with E-state index < -0.39 is 0 Å². The van der Waals surface area contributed by atoms with Crippen LogP contribution < -0.4 is 5.73 Å². The van der Waals surface area contributed by atoms with Gasteiger partial charge in [-0.15, -0.1) is 0 Å². The zero-order chi connectivity index (χ0) is 11.8. The maximum Gasteiger partial charge on any atom is 0.0485 e. The van der Waals surface area contributed by atoms with Crippen LogP contribution in [0.2, 0.25) is 0 Å². The van der Waals surface area contributed by atoms with Gasteiger partial charge in [-0.2, -0.15) is 0 Å². The molecule has 1 saturated carbocycles. The average Bonchev–Trinajstić information content (AvgIpc) is 2.94. The van der Waals surface area contributed by atoms with Gasteiger partial charge in [0.05, 0.1) is 0 Å². The highest BCUT2D eigenvalue weighted by Gasteiger charge is 2.27. The molecule has 3 rings (SSSR count). The number of aromatic nitrogens is 1. The van der Waals surface area contributed by atoms with E-state index in [4.69, 9.17) is 5.73 Å². The summed E-state index contributed by atoms with van der Waals surface area (Å²) in [4.78, 5) is 0. The topological polar surface area (TPSA) is 30.9 Å². The number of hydrogen-bond donors (Lipinski definition) is 1. The second-order valence-electron chi connectivity index (χ2n) is 5.22. The third kappa shape index (κ3) is 1.67. The van der Waals surface area contributed by atoms with Gasteiger partial charge in [0.1, 0.15) is 0 Å². The van der Waals surface area contributed by atoms with Gasteiger partial charge in [0.15, 0.2) is 0 Å². The highest BCUT2D eigenvalue weighted by Crippen LogP contribution is 2.37. The monoisotopic (exact) mass is 228 g/mol. The van der Waals surface area contributed by atoms with Gasteiger partial charge in [0.2, 0.25) is 0 Å². The number of nitrogens with zero attached hydrogens (tertiary/aromatic N) is 1. The molecule has 0 spiro atoms. The van der Waals surface area contributed by atoms with Crippen LogP contribution in [0.15, 0.2) is 30.5 Å². The summed E-state index contributed by atoms with van der Waals surface area (Å²) in [6.07, 6.45) is 6.13. The van der Waals surface area contributed by atoms with E-state index in [2.05, 4.69) is 42.0 Å². The molecule has 1 aliphatic carbocycles. The fraction of sp³-hybridized carbons (Fsp3) is 0.467. The molecule has 0 amide bonds. The Hall–Kier alpha value is -1.28. The average molecular weight is 228 g/mol. The fourth-order valence-corrected chi connectivity index (χ4v) is 3.29. The highest BCUT2D eigenvalue weighted by molar-refractivity contribution is 5.83. The molecule has 0 bridgehead atoms. The quantitative estimate of drug-likeness (QED) is 0.840. The molecule has 2 heteroatoms. The Bertz CT molecular complexity index is 527. The zero-order valence-corrected chi connectivity index (χ0v) is 10.4. The summed E-state index contributed by atoms with van der Waals surface area (Å²) >= 11 is 0. The Morgan fingerprint density at radius 3 is 3.00 bits per heavy atom. The van der Waals surface area contributed by atoms with Crippen molar-refractivity contribution in [1.29, 1.82) is 0 Å². The van der Waals surface area contributed by atoms with E-state index in [-0.39, 0.29) is 0 Å². The minimum absolute atomic E-state index is 0.610. The van der Waals surface area contributed by atoms with Gasteiger partial charge in [0.25, 0.3) is 0 Å². The molecule has 0 saturated heterocycles. The molecule has 1 heterocycles. The molecule has 0 aliphatic heterocycles. The molecule has 1 fully saturated rings. The van der Waals surface area contributed by atoms with E-state index in [0.29, 0.717) is 12.0 Å². The molecule has 2 unspecified atom stereocenters. The van der Waals surface area contributed by atoms with Crippen LogP contribution in [0, 0.1) is 12.8 Å². The summed E-state index contributed by atoms with van der Waals surface area (Å²) in [5, 5.41) is 1.38. The molecular weight excluding hydrogens is 208 g/mol. The van der Waals surface area contributed by atoms with Crippen LogP contribution >= 0.6 is 0 Å². The van der Waals surface area contributed by atoms with Gasteiger partial charge < -0.3 is 10.3 Å². The molecule has 1 aromatic heterocycles. The van der Waals surface area contributed by atoms with Gasteiger partial charge >= 0.3 is 0 Å². The first-order chi connectivity index (χ1) is 8.31. The van der Waals surface area contributed by atoms with Crippen molar-refractivity contribution in [3.05, 3.63) is 36.0 Å². The lowest BCUT2D eigenvalue weighted by Gasteiger charge is -2.21. The number of hydrogen-bond acceptors (Lipinski definition) is 1. The van der Waals surface area contributed by atoms with Crippen LogP contribution in [0.5, 0.6) is 0 Å². The van der Waals surface area contributed by atoms with Crippen molar-refractivity contribution in [3.8, 4) is 0 Å². The molecule has 1 aliphatic rings. The predicted molar refractivity (Wildman–Crippen MR) is 72.1 cm³/mol. The maximum absolute atomic E-state index is 5.89. The minimum atomic E-state index is 0.610. The second kappa shape index (κ2) is 4.19. The number of nitrogens with two attached hydrogens (primary N) is 1. The van der Waals surface area contributed by atoms with Crippen LogP contribution in [-0.4, -0.2) is 11.1 Å². The molecule has 2 nitrogen and oxygen atoms in total.